The molecule has 0 aromatic heterocycles. The van der Waals surface area contributed by atoms with Gasteiger partial charge in [-0.05, 0) is 47.1 Å². The lowest BCUT2D eigenvalue weighted by Crippen LogP contribution is -2.42. The Morgan fingerprint density at radius 3 is 2.44 bits per heavy atom. The molecule has 4 nitrogen and oxygen atoms in total. The van der Waals surface area contributed by atoms with Crippen molar-refractivity contribution in [2.45, 2.75) is 44.8 Å². The van der Waals surface area contributed by atoms with Crippen molar-refractivity contribution in [3.63, 3.8) is 0 Å². The Bertz CT molecular complexity index is 345. The molecule has 1 saturated heterocycles. The van der Waals surface area contributed by atoms with E-state index in [4.69, 9.17) is 4.74 Å². The topological polar surface area (TPSA) is 55.4 Å². The Kier molecular flexibility index (Phi) is 5.21. The number of hydrogen-bond donors (Lipinski definition) is 1. The minimum Gasteiger partial charge on any atom is -0.381 e. The van der Waals surface area contributed by atoms with Crippen molar-refractivity contribution in [3.05, 3.63) is 0 Å². The molecule has 0 radical (unpaired) electrons. The van der Waals surface area contributed by atoms with Crippen LogP contribution in [0.25, 0.3) is 0 Å². The molecule has 0 aliphatic carbocycles. The fourth-order valence-electron chi connectivity index (χ4n) is 2.37. The normalized spacial score (nSPS) is 26.2. The fourth-order valence-corrected chi connectivity index (χ4v) is 3.68. The Morgan fingerprint density at radius 2 is 2.00 bits per heavy atom. The van der Waals surface area contributed by atoms with Gasteiger partial charge in [0.05, 0.1) is 17.1 Å². The molecule has 1 aliphatic rings. The first-order valence-electron chi connectivity index (χ1n) is 6.67. The maximum Gasteiger partial charge on any atom is 0.155 e. The molecule has 0 bridgehead atoms. The van der Waals surface area contributed by atoms with Crippen molar-refractivity contribution in [3.8, 4) is 0 Å². The van der Waals surface area contributed by atoms with Gasteiger partial charge in [0, 0.05) is 18.6 Å². The number of sulfone groups is 1. The second-order valence-corrected chi connectivity index (χ2v) is 9.23. The van der Waals surface area contributed by atoms with Crippen LogP contribution in [-0.2, 0) is 14.6 Å². The van der Waals surface area contributed by atoms with E-state index in [9.17, 15) is 8.42 Å². The second-order valence-electron chi connectivity index (χ2n) is 6.37. The van der Waals surface area contributed by atoms with Crippen LogP contribution >= 0.6 is 0 Å². The first-order valence-corrected chi connectivity index (χ1v) is 8.32. The monoisotopic (exact) mass is 277 g/mol. The van der Waals surface area contributed by atoms with Gasteiger partial charge < -0.3 is 10.1 Å². The lowest BCUT2D eigenvalue weighted by atomic mass is 9.80. The molecule has 5 heteroatoms. The molecular formula is C13H27NO3S. The standard InChI is InChI=1S/C13H27NO3S/c1-12(2,3)18(15,16)9-7-13(10-14-4)6-5-8-17-11-13/h14H,5-11H2,1-4H3. The van der Waals surface area contributed by atoms with Gasteiger partial charge in [0.1, 0.15) is 0 Å². The molecule has 0 saturated carbocycles. The molecule has 1 rings (SSSR count). The van der Waals surface area contributed by atoms with Crippen LogP contribution in [0.2, 0.25) is 0 Å². The Hall–Kier alpha value is -0.130. The van der Waals surface area contributed by atoms with Crippen molar-refractivity contribution < 1.29 is 13.2 Å². The van der Waals surface area contributed by atoms with Crippen molar-refractivity contribution in [2.75, 3.05) is 32.6 Å². The third-order valence-corrected chi connectivity index (χ3v) is 6.40. The molecule has 1 N–H and O–H groups in total. The summed E-state index contributed by atoms with van der Waals surface area (Å²) in [5, 5.41) is 3.18. The summed E-state index contributed by atoms with van der Waals surface area (Å²) in [5.74, 6) is 0.252. The van der Waals surface area contributed by atoms with Gasteiger partial charge in [-0.15, -0.1) is 0 Å². The summed E-state index contributed by atoms with van der Waals surface area (Å²) < 4.78 is 29.3. The van der Waals surface area contributed by atoms with Gasteiger partial charge in [0.25, 0.3) is 0 Å². The van der Waals surface area contributed by atoms with E-state index in [1.165, 1.54) is 0 Å². The zero-order valence-electron chi connectivity index (χ0n) is 12.1. The van der Waals surface area contributed by atoms with E-state index in [1.54, 1.807) is 20.8 Å². The van der Waals surface area contributed by atoms with E-state index in [0.717, 1.165) is 26.0 Å². The molecule has 0 aromatic rings. The highest BCUT2D eigenvalue weighted by molar-refractivity contribution is 7.92. The smallest absolute Gasteiger partial charge is 0.155 e. The van der Waals surface area contributed by atoms with Gasteiger partial charge in [0.15, 0.2) is 9.84 Å². The summed E-state index contributed by atoms with van der Waals surface area (Å²) in [6.07, 6.45) is 2.76. The molecule has 1 unspecified atom stereocenters. The average Bonchev–Trinajstić information content (AvgIpc) is 2.27. The van der Waals surface area contributed by atoms with Crippen molar-refractivity contribution in [1.82, 2.24) is 5.32 Å². The van der Waals surface area contributed by atoms with Crippen LogP contribution in [0.5, 0.6) is 0 Å². The Labute approximate surface area is 111 Å². The highest BCUT2D eigenvalue weighted by Crippen LogP contribution is 2.33. The Morgan fingerprint density at radius 1 is 1.33 bits per heavy atom. The van der Waals surface area contributed by atoms with Crippen molar-refractivity contribution >= 4 is 9.84 Å². The maximum absolute atomic E-state index is 12.2. The molecule has 1 atom stereocenters. The number of rotatable bonds is 5. The van der Waals surface area contributed by atoms with E-state index in [1.807, 2.05) is 7.05 Å². The summed E-state index contributed by atoms with van der Waals surface area (Å²) in [7, 11) is -1.13. The zero-order chi connectivity index (χ0) is 13.9. The molecule has 0 spiro atoms. The van der Waals surface area contributed by atoms with Crippen LogP contribution in [0.4, 0.5) is 0 Å². The van der Waals surface area contributed by atoms with E-state index < -0.39 is 14.6 Å². The highest BCUT2D eigenvalue weighted by Gasteiger charge is 2.36. The van der Waals surface area contributed by atoms with Crippen LogP contribution in [0.1, 0.15) is 40.0 Å². The Balaban J connectivity index is 2.68. The van der Waals surface area contributed by atoms with Gasteiger partial charge in [-0.1, -0.05) is 0 Å². The van der Waals surface area contributed by atoms with Crippen LogP contribution in [0.3, 0.4) is 0 Å². The highest BCUT2D eigenvalue weighted by atomic mass is 32.2. The molecule has 1 fully saturated rings. The molecule has 0 aromatic carbocycles. The molecule has 1 aliphatic heterocycles. The van der Waals surface area contributed by atoms with Gasteiger partial charge in [-0.2, -0.15) is 0 Å². The zero-order valence-corrected chi connectivity index (χ0v) is 12.9. The van der Waals surface area contributed by atoms with E-state index >= 15 is 0 Å². The summed E-state index contributed by atoms with van der Waals surface area (Å²) in [4.78, 5) is 0. The SMILES string of the molecule is CNCC1(CCS(=O)(=O)C(C)(C)C)CCCOC1. The number of hydrogen-bond acceptors (Lipinski definition) is 4. The first kappa shape index (κ1) is 15.9. The lowest BCUT2D eigenvalue weighted by molar-refractivity contribution is -0.00805. The number of nitrogens with one attached hydrogen (secondary N) is 1. The van der Waals surface area contributed by atoms with Gasteiger partial charge in [-0.3, -0.25) is 0 Å². The van der Waals surface area contributed by atoms with Gasteiger partial charge in [0.2, 0.25) is 0 Å². The van der Waals surface area contributed by atoms with Crippen LogP contribution < -0.4 is 5.32 Å². The van der Waals surface area contributed by atoms with Crippen LogP contribution in [0, 0.1) is 5.41 Å². The van der Waals surface area contributed by atoms with Gasteiger partial charge in [-0.25, -0.2) is 8.42 Å². The van der Waals surface area contributed by atoms with E-state index in [-0.39, 0.29) is 11.2 Å². The van der Waals surface area contributed by atoms with Crippen molar-refractivity contribution in [1.29, 1.82) is 0 Å². The quantitative estimate of drug-likeness (QED) is 0.829. The molecule has 0 amide bonds. The second kappa shape index (κ2) is 5.88. The first-order chi connectivity index (χ1) is 8.22. The molecular weight excluding hydrogens is 250 g/mol. The predicted octanol–water partition coefficient (Wildman–Crippen LogP) is 1.61. The largest absolute Gasteiger partial charge is 0.381 e. The summed E-state index contributed by atoms with van der Waals surface area (Å²) in [6, 6.07) is 0. The van der Waals surface area contributed by atoms with E-state index in [0.29, 0.717) is 13.0 Å². The van der Waals surface area contributed by atoms with Gasteiger partial charge >= 0.3 is 0 Å². The van der Waals surface area contributed by atoms with Crippen molar-refractivity contribution in [2.24, 2.45) is 5.41 Å². The summed E-state index contributed by atoms with van der Waals surface area (Å²) in [6.45, 7) is 7.61. The fraction of sp³-hybridized carbons (Fsp3) is 1.00. The average molecular weight is 277 g/mol. The maximum atomic E-state index is 12.2. The summed E-state index contributed by atoms with van der Waals surface area (Å²) in [5.41, 5.74) is -0.00861. The lowest BCUT2D eigenvalue weighted by Gasteiger charge is -2.37. The third kappa shape index (κ3) is 3.93. The minimum absolute atomic E-state index is 0.00861. The molecule has 1 heterocycles. The van der Waals surface area contributed by atoms with Crippen LogP contribution in [-0.4, -0.2) is 45.7 Å². The predicted molar refractivity (Wildman–Crippen MR) is 74.6 cm³/mol. The minimum atomic E-state index is -3.04. The third-order valence-electron chi connectivity index (χ3n) is 3.79. The number of ether oxygens (including phenoxy) is 1. The van der Waals surface area contributed by atoms with E-state index in [2.05, 4.69) is 5.32 Å². The molecule has 18 heavy (non-hydrogen) atoms. The molecule has 108 valence electrons. The summed E-state index contributed by atoms with van der Waals surface area (Å²) >= 11 is 0. The van der Waals surface area contributed by atoms with Crippen LogP contribution in [0.15, 0.2) is 0 Å².